The van der Waals surface area contributed by atoms with Gasteiger partial charge in [-0.25, -0.2) is 24.1 Å². The van der Waals surface area contributed by atoms with E-state index in [0.29, 0.717) is 0 Å². The lowest BCUT2D eigenvalue weighted by molar-refractivity contribution is -0.115. The number of rotatable bonds is 11. The third kappa shape index (κ3) is 6.70. The third-order valence-electron chi connectivity index (χ3n) is 6.92. The number of amides is 1. The molecule has 23 heteroatoms. The number of carbonyl (C=O) groups is 1. The first-order valence-corrected chi connectivity index (χ1v) is 15.7. The highest BCUT2D eigenvalue weighted by Crippen LogP contribution is 2.60. The number of primary amides is 1. The summed E-state index contributed by atoms with van der Waals surface area (Å²) < 4.78 is 50.9. The van der Waals surface area contributed by atoms with E-state index in [0.717, 1.165) is 6.33 Å². The predicted molar refractivity (Wildman–Crippen MR) is 142 cm³/mol. The van der Waals surface area contributed by atoms with Crippen molar-refractivity contribution in [2.45, 2.75) is 49.1 Å². The lowest BCUT2D eigenvalue weighted by atomic mass is 10.1. The molecule has 3 aliphatic heterocycles. The Kier molecular flexibility index (Phi) is 9.23. The minimum Gasteiger partial charge on any atom is -0.387 e. The Morgan fingerprint density at radius 3 is 2.16 bits per heavy atom. The Morgan fingerprint density at radius 2 is 1.55 bits per heavy atom. The molecule has 2 aromatic rings. The molecule has 0 spiro atoms. The molecule has 0 bridgehead atoms. The number of phosphoric acid groups is 2. The van der Waals surface area contributed by atoms with Crippen LogP contribution in [0.25, 0.3) is 11.2 Å². The summed E-state index contributed by atoms with van der Waals surface area (Å²) in [5.74, 6) is -0.658. The van der Waals surface area contributed by atoms with E-state index < -0.39 is 83.8 Å². The number of aromatic nitrogens is 4. The zero-order chi connectivity index (χ0) is 32.0. The van der Waals surface area contributed by atoms with E-state index in [-0.39, 0.29) is 29.1 Å². The summed E-state index contributed by atoms with van der Waals surface area (Å²) in [5.41, 5.74) is 11.6. The van der Waals surface area contributed by atoms with Gasteiger partial charge in [-0.2, -0.15) is 4.31 Å². The normalized spacial score (nSPS) is 33.3. The molecule has 44 heavy (non-hydrogen) atoms. The molecule has 5 rings (SSSR count). The number of aliphatic hydroxyl groups is 4. The summed E-state index contributed by atoms with van der Waals surface area (Å²) in [6.07, 6.45) is -4.98. The fraction of sp³-hybridized carbons (Fsp3) is 0.524. The van der Waals surface area contributed by atoms with Gasteiger partial charge < -0.3 is 56.1 Å². The first-order chi connectivity index (χ1) is 20.7. The van der Waals surface area contributed by atoms with Gasteiger partial charge in [0.15, 0.2) is 23.9 Å². The van der Waals surface area contributed by atoms with Gasteiger partial charge in [-0.3, -0.25) is 18.4 Å². The molecule has 242 valence electrons. The van der Waals surface area contributed by atoms with Gasteiger partial charge in [0, 0.05) is 11.8 Å². The topological polar surface area (TPSA) is 318 Å². The monoisotopic (exact) mass is 665 g/mol. The molecule has 21 nitrogen and oxygen atoms in total. The summed E-state index contributed by atoms with van der Waals surface area (Å²) >= 11 is 0. The van der Waals surface area contributed by atoms with Crippen molar-refractivity contribution in [2.75, 3.05) is 25.5 Å². The Balaban J connectivity index is 1.14. The van der Waals surface area contributed by atoms with Gasteiger partial charge in [0.2, 0.25) is 5.91 Å². The van der Waals surface area contributed by atoms with Crippen LogP contribution in [-0.2, 0) is 36.8 Å². The maximum atomic E-state index is 12.4. The second kappa shape index (κ2) is 12.5. The quantitative estimate of drug-likeness (QED) is 0.111. The van der Waals surface area contributed by atoms with E-state index in [4.69, 9.17) is 30.0 Å². The second-order valence-electron chi connectivity index (χ2n) is 9.86. The van der Waals surface area contributed by atoms with Gasteiger partial charge >= 0.3 is 15.6 Å². The Morgan fingerprint density at radius 1 is 0.955 bits per heavy atom. The Hall–Kier alpha value is -2.88. The SMILES string of the molecule is NC(=O)C1=CC=CN([C@@H]2O[C@H](COP(=O)(O)OP(=O)(O)OC[C@H]3O[C@@H](n4cnc5c(N)ncnc54)[C@H](O)[C@@H]3O)[C@@H](O)[C@H]2O)C1. The van der Waals surface area contributed by atoms with Crippen LogP contribution in [0.3, 0.4) is 0 Å². The molecule has 0 saturated carbocycles. The standard InChI is InChI=1S/C21H29N7O14P2/c22-17-12-19(25-7-24-17)28(8-26-12)21-16(32)14(30)11(41-21)6-39-44(36,37)42-43(34,35)38-5-10-13(29)15(31)20(40-10)27-3-1-2-9(4-27)18(23)33/h1-3,7-8,10-11,13-16,20-21,29-32H,4-6H2,(H2,23,33)(H,34,35)(H,36,37)(H2,22,24,25)/t10-,11-,13-,14-,15-,16-,20-,21-/m1/s1. The number of hydrogen-bond donors (Lipinski definition) is 8. The van der Waals surface area contributed by atoms with E-state index in [1.807, 2.05) is 0 Å². The zero-order valence-electron chi connectivity index (χ0n) is 22.4. The largest absolute Gasteiger partial charge is 0.481 e. The second-order valence-corrected chi connectivity index (χ2v) is 12.9. The number of carbonyl (C=O) groups excluding carboxylic acids is 1. The Labute approximate surface area is 247 Å². The molecule has 5 heterocycles. The fourth-order valence-electron chi connectivity index (χ4n) is 4.71. The van der Waals surface area contributed by atoms with Crippen LogP contribution in [0.2, 0.25) is 0 Å². The van der Waals surface area contributed by atoms with Crippen LogP contribution < -0.4 is 11.5 Å². The predicted octanol–water partition coefficient (Wildman–Crippen LogP) is -3.03. The van der Waals surface area contributed by atoms with Gasteiger partial charge in [-0.15, -0.1) is 0 Å². The van der Waals surface area contributed by atoms with Crippen molar-refractivity contribution < 1.29 is 67.0 Å². The summed E-state index contributed by atoms with van der Waals surface area (Å²) in [4.78, 5) is 44.7. The van der Waals surface area contributed by atoms with Crippen LogP contribution in [0.4, 0.5) is 5.82 Å². The van der Waals surface area contributed by atoms with E-state index in [1.54, 1.807) is 0 Å². The molecule has 0 radical (unpaired) electrons. The number of fused-ring (bicyclic) bond motifs is 1. The van der Waals surface area contributed by atoms with Gasteiger partial charge in [0.25, 0.3) is 0 Å². The number of anilines is 1. The number of allylic oxidation sites excluding steroid dienone is 2. The molecule has 3 aliphatic rings. The van der Waals surface area contributed by atoms with Crippen LogP contribution in [0, 0.1) is 0 Å². The van der Waals surface area contributed by atoms with Crippen LogP contribution in [0.15, 0.2) is 36.6 Å². The number of hydrogen-bond acceptors (Lipinski definition) is 17. The average Bonchev–Trinajstić information content (AvgIpc) is 3.61. The van der Waals surface area contributed by atoms with Crippen molar-refractivity contribution in [1.82, 2.24) is 24.4 Å². The highest BCUT2D eigenvalue weighted by molar-refractivity contribution is 7.61. The maximum absolute atomic E-state index is 12.4. The zero-order valence-corrected chi connectivity index (χ0v) is 24.2. The lowest BCUT2D eigenvalue weighted by Gasteiger charge is -2.31. The van der Waals surface area contributed by atoms with Crippen molar-refractivity contribution in [2.24, 2.45) is 5.73 Å². The molecular formula is C21H29N7O14P2. The number of phosphoric ester groups is 2. The first kappa shape index (κ1) is 32.5. The molecule has 2 fully saturated rings. The average molecular weight is 665 g/mol. The number of nitrogen functional groups attached to an aromatic ring is 1. The van der Waals surface area contributed by atoms with Gasteiger partial charge in [-0.05, 0) is 6.08 Å². The smallest absolute Gasteiger partial charge is 0.387 e. The minimum absolute atomic E-state index is 0.0519. The molecule has 0 aromatic carbocycles. The number of aliphatic hydroxyl groups excluding tert-OH is 4. The number of imidazole rings is 1. The number of nitrogens with zero attached hydrogens (tertiary/aromatic N) is 5. The molecule has 10 atom stereocenters. The molecule has 2 saturated heterocycles. The summed E-state index contributed by atoms with van der Waals surface area (Å²) in [6, 6.07) is 0. The molecular weight excluding hydrogens is 636 g/mol. The van der Waals surface area contributed by atoms with Crippen LogP contribution >= 0.6 is 15.6 Å². The van der Waals surface area contributed by atoms with Crippen molar-refractivity contribution >= 4 is 38.5 Å². The number of ether oxygens (including phenoxy) is 2. The molecule has 1 amide bonds. The number of nitrogens with two attached hydrogens (primary N) is 2. The van der Waals surface area contributed by atoms with Gasteiger partial charge in [-0.1, -0.05) is 6.08 Å². The fourth-order valence-corrected chi connectivity index (χ4v) is 6.80. The molecule has 2 aromatic heterocycles. The van der Waals surface area contributed by atoms with Crippen LogP contribution in [0.5, 0.6) is 0 Å². The van der Waals surface area contributed by atoms with Gasteiger partial charge in [0.1, 0.15) is 48.5 Å². The van der Waals surface area contributed by atoms with Crippen molar-refractivity contribution in [3.8, 4) is 0 Å². The Bertz CT molecular complexity index is 1560. The molecule has 10 N–H and O–H groups in total. The maximum Gasteiger partial charge on any atom is 0.481 e. The first-order valence-electron chi connectivity index (χ1n) is 12.7. The highest BCUT2D eigenvalue weighted by Gasteiger charge is 2.48. The summed E-state index contributed by atoms with van der Waals surface area (Å²) in [7, 11) is -10.7. The van der Waals surface area contributed by atoms with Crippen LogP contribution in [0.1, 0.15) is 6.23 Å². The van der Waals surface area contributed by atoms with Crippen molar-refractivity contribution in [3.05, 3.63) is 36.6 Å². The molecule has 0 aliphatic carbocycles. The van der Waals surface area contributed by atoms with E-state index in [2.05, 4.69) is 19.3 Å². The summed E-state index contributed by atoms with van der Waals surface area (Å²) in [5, 5.41) is 41.7. The molecule has 2 unspecified atom stereocenters. The highest BCUT2D eigenvalue weighted by atomic mass is 31.3. The van der Waals surface area contributed by atoms with E-state index >= 15 is 0 Å². The minimum atomic E-state index is -5.36. The van der Waals surface area contributed by atoms with Crippen LogP contribution in [-0.4, -0.2) is 123 Å². The van der Waals surface area contributed by atoms with Crippen molar-refractivity contribution in [1.29, 1.82) is 0 Å². The van der Waals surface area contributed by atoms with E-state index in [9.17, 15) is 44.1 Å². The lowest BCUT2D eigenvalue weighted by Crippen LogP contribution is -2.43. The van der Waals surface area contributed by atoms with Gasteiger partial charge in [0.05, 0.1) is 26.1 Å². The summed E-state index contributed by atoms with van der Waals surface area (Å²) in [6.45, 7) is -1.83. The van der Waals surface area contributed by atoms with E-state index in [1.165, 1.54) is 34.1 Å². The third-order valence-corrected chi connectivity index (χ3v) is 9.52. The van der Waals surface area contributed by atoms with Crippen molar-refractivity contribution in [3.63, 3.8) is 0 Å².